The second-order valence-electron chi connectivity index (χ2n) is 6.04. The molecule has 1 aliphatic heterocycles. The number of hydrogen-bond donors (Lipinski definition) is 1. The van der Waals surface area contributed by atoms with E-state index in [2.05, 4.69) is 4.98 Å². The smallest absolute Gasteiger partial charge is 0.307 e. The van der Waals surface area contributed by atoms with Crippen LogP contribution in [0, 0.1) is 5.82 Å². The van der Waals surface area contributed by atoms with Crippen molar-refractivity contribution in [1.29, 1.82) is 0 Å². The van der Waals surface area contributed by atoms with Gasteiger partial charge in [0.25, 0.3) is 5.91 Å². The van der Waals surface area contributed by atoms with E-state index in [4.69, 9.17) is 33.0 Å². The minimum Gasteiger partial charge on any atom is -0.481 e. The van der Waals surface area contributed by atoms with Crippen molar-refractivity contribution in [2.24, 2.45) is 0 Å². The number of thiazole rings is 1. The van der Waals surface area contributed by atoms with Gasteiger partial charge in [0, 0.05) is 0 Å². The van der Waals surface area contributed by atoms with Crippen LogP contribution in [0.25, 0.3) is 10.2 Å². The number of carboxylic acids is 1. The molecule has 144 valence electrons. The molecule has 0 saturated carbocycles. The van der Waals surface area contributed by atoms with Gasteiger partial charge in [0.1, 0.15) is 22.1 Å². The fraction of sp³-hybridized carbons (Fsp3) is 0.167. The van der Waals surface area contributed by atoms with Crippen molar-refractivity contribution in [2.45, 2.75) is 19.1 Å². The lowest BCUT2D eigenvalue weighted by Crippen LogP contribution is -2.46. The molecule has 28 heavy (non-hydrogen) atoms. The van der Waals surface area contributed by atoms with Gasteiger partial charge in [-0.3, -0.25) is 14.5 Å². The lowest BCUT2D eigenvalue weighted by atomic mass is 10.1. The van der Waals surface area contributed by atoms with Crippen molar-refractivity contribution < 1.29 is 23.8 Å². The number of anilines is 1. The zero-order valence-corrected chi connectivity index (χ0v) is 16.3. The first-order valence-electron chi connectivity index (χ1n) is 8.07. The van der Waals surface area contributed by atoms with Gasteiger partial charge in [-0.15, -0.1) is 11.3 Å². The van der Waals surface area contributed by atoms with Crippen molar-refractivity contribution in [3.05, 3.63) is 51.2 Å². The number of ether oxygens (including phenoxy) is 1. The molecular formula is C18H11Cl2FN2O4S. The summed E-state index contributed by atoms with van der Waals surface area (Å²) in [5.41, 5.74) is 0.848. The number of carbonyl (C=O) groups is 2. The normalized spacial score (nSPS) is 16.2. The summed E-state index contributed by atoms with van der Waals surface area (Å²) >= 11 is 13.2. The Morgan fingerprint density at radius 2 is 2.11 bits per heavy atom. The first kappa shape index (κ1) is 18.9. The van der Waals surface area contributed by atoms with Crippen LogP contribution in [-0.2, 0) is 16.1 Å². The van der Waals surface area contributed by atoms with Gasteiger partial charge in [-0.2, -0.15) is 0 Å². The Morgan fingerprint density at radius 1 is 1.36 bits per heavy atom. The Hall–Kier alpha value is -2.42. The molecule has 2 aromatic carbocycles. The first-order valence-corrected chi connectivity index (χ1v) is 9.64. The molecule has 1 atom stereocenters. The third-order valence-electron chi connectivity index (χ3n) is 4.18. The van der Waals surface area contributed by atoms with E-state index in [1.165, 1.54) is 4.90 Å². The van der Waals surface area contributed by atoms with E-state index < -0.39 is 30.2 Å². The van der Waals surface area contributed by atoms with Crippen molar-refractivity contribution in [1.82, 2.24) is 4.98 Å². The Labute approximate surface area is 172 Å². The van der Waals surface area contributed by atoms with Crippen molar-refractivity contribution >= 4 is 62.3 Å². The van der Waals surface area contributed by atoms with E-state index in [1.54, 1.807) is 24.3 Å². The van der Waals surface area contributed by atoms with Crippen LogP contribution in [0.5, 0.6) is 5.75 Å². The summed E-state index contributed by atoms with van der Waals surface area (Å²) in [6.45, 7) is 0.0446. The first-order chi connectivity index (χ1) is 13.3. The SMILES string of the molecule is O=C(O)CC1Oc2ccccc2N(Cc2nc3c(Cl)cc(F)c(Cl)c3s2)C1=O. The second kappa shape index (κ2) is 7.20. The van der Waals surface area contributed by atoms with Crippen LogP contribution in [-0.4, -0.2) is 28.1 Å². The minimum absolute atomic E-state index is 0.0446. The third-order valence-corrected chi connectivity index (χ3v) is 6.01. The molecule has 2 heterocycles. The zero-order chi connectivity index (χ0) is 20.0. The summed E-state index contributed by atoms with van der Waals surface area (Å²) in [4.78, 5) is 29.7. The number of benzene rings is 2. The highest BCUT2D eigenvalue weighted by atomic mass is 35.5. The highest BCUT2D eigenvalue weighted by molar-refractivity contribution is 7.19. The van der Waals surface area contributed by atoms with Crippen molar-refractivity contribution in [3.63, 3.8) is 0 Å². The molecule has 0 radical (unpaired) electrons. The molecule has 0 saturated heterocycles. The van der Waals surface area contributed by atoms with Crippen LogP contribution in [0.3, 0.4) is 0 Å². The van der Waals surface area contributed by atoms with Crippen LogP contribution in [0.2, 0.25) is 10.0 Å². The van der Waals surface area contributed by atoms with E-state index in [-0.39, 0.29) is 16.6 Å². The van der Waals surface area contributed by atoms with E-state index in [1.807, 2.05) is 0 Å². The number of carbonyl (C=O) groups excluding carboxylic acids is 1. The van der Waals surface area contributed by atoms with Gasteiger partial charge in [-0.1, -0.05) is 35.3 Å². The van der Waals surface area contributed by atoms with Gasteiger partial charge in [0.2, 0.25) is 0 Å². The Morgan fingerprint density at radius 3 is 2.86 bits per heavy atom. The maximum atomic E-state index is 13.8. The van der Waals surface area contributed by atoms with E-state index >= 15 is 0 Å². The Kier molecular flexibility index (Phi) is 4.86. The fourth-order valence-electron chi connectivity index (χ4n) is 2.96. The summed E-state index contributed by atoms with van der Waals surface area (Å²) in [5, 5.41) is 9.58. The van der Waals surface area contributed by atoms with Gasteiger partial charge in [0.05, 0.1) is 33.4 Å². The molecule has 1 N–H and O–H groups in total. The van der Waals surface area contributed by atoms with E-state index in [0.29, 0.717) is 26.7 Å². The third kappa shape index (κ3) is 3.28. The lowest BCUT2D eigenvalue weighted by molar-refractivity contribution is -0.142. The minimum atomic E-state index is -1.15. The average molecular weight is 441 g/mol. The number of nitrogens with zero attached hydrogens (tertiary/aromatic N) is 2. The van der Waals surface area contributed by atoms with Crippen LogP contribution < -0.4 is 9.64 Å². The summed E-state index contributed by atoms with van der Waals surface area (Å²) < 4.78 is 19.8. The van der Waals surface area contributed by atoms with Crippen LogP contribution in [0.1, 0.15) is 11.4 Å². The summed E-state index contributed by atoms with van der Waals surface area (Å²) in [7, 11) is 0. The number of para-hydroxylation sites is 2. The monoisotopic (exact) mass is 440 g/mol. The van der Waals surface area contributed by atoms with Crippen LogP contribution >= 0.6 is 34.5 Å². The summed E-state index contributed by atoms with van der Waals surface area (Å²) in [5.74, 6) is -1.89. The second-order valence-corrected chi connectivity index (χ2v) is 7.90. The summed E-state index contributed by atoms with van der Waals surface area (Å²) in [6, 6.07) is 7.90. The van der Waals surface area contributed by atoms with Gasteiger partial charge >= 0.3 is 5.97 Å². The molecule has 6 nitrogen and oxygen atoms in total. The number of rotatable bonds is 4. The fourth-order valence-corrected chi connectivity index (χ4v) is 4.51. The number of halogens is 3. The number of carboxylic acid groups (broad SMARTS) is 1. The Bertz CT molecular complexity index is 1120. The predicted molar refractivity (Wildman–Crippen MR) is 104 cm³/mol. The highest BCUT2D eigenvalue weighted by Crippen LogP contribution is 2.39. The zero-order valence-electron chi connectivity index (χ0n) is 14.0. The Balaban J connectivity index is 1.74. The van der Waals surface area contributed by atoms with Crippen molar-refractivity contribution in [2.75, 3.05) is 4.90 Å². The molecule has 1 aliphatic rings. The number of hydrogen-bond acceptors (Lipinski definition) is 5. The van der Waals surface area contributed by atoms with Gasteiger partial charge in [0.15, 0.2) is 6.10 Å². The van der Waals surface area contributed by atoms with Gasteiger partial charge < -0.3 is 9.84 Å². The van der Waals surface area contributed by atoms with Crippen LogP contribution in [0.4, 0.5) is 10.1 Å². The molecule has 0 aliphatic carbocycles. The predicted octanol–water partition coefficient (Wildman–Crippen LogP) is 4.51. The maximum Gasteiger partial charge on any atom is 0.307 e. The molecule has 0 spiro atoms. The average Bonchev–Trinajstić information content (AvgIpc) is 3.07. The lowest BCUT2D eigenvalue weighted by Gasteiger charge is -2.33. The molecule has 1 amide bonds. The molecular weight excluding hydrogens is 430 g/mol. The number of aromatic nitrogens is 1. The van der Waals surface area contributed by atoms with Crippen molar-refractivity contribution in [3.8, 4) is 5.75 Å². The molecule has 3 aromatic rings. The quantitative estimate of drug-likeness (QED) is 0.603. The standard InChI is InChI=1S/C18H11Cl2FN2O4S/c19-8-5-9(21)15(20)17-16(8)22-13(28-17)7-23-10-3-1-2-4-11(10)27-12(18(23)26)6-14(24)25/h1-5,12H,6-7H2,(H,24,25). The molecule has 0 fully saturated rings. The van der Waals surface area contributed by atoms with Gasteiger partial charge in [-0.25, -0.2) is 9.37 Å². The number of amides is 1. The topological polar surface area (TPSA) is 79.7 Å². The van der Waals surface area contributed by atoms with E-state index in [9.17, 15) is 14.0 Å². The van der Waals surface area contributed by atoms with E-state index in [0.717, 1.165) is 17.4 Å². The highest BCUT2D eigenvalue weighted by Gasteiger charge is 2.36. The molecule has 0 bridgehead atoms. The maximum absolute atomic E-state index is 13.8. The van der Waals surface area contributed by atoms with Gasteiger partial charge in [-0.05, 0) is 18.2 Å². The molecule has 10 heteroatoms. The van der Waals surface area contributed by atoms with Crippen LogP contribution in [0.15, 0.2) is 30.3 Å². The number of fused-ring (bicyclic) bond motifs is 2. The molecule has 1 aromatic heterocycles. The summed E-state index contributed by atoms with van der Waals surface area (Å²) in [6.07, 6.45) is -1.61. The molecule has 1 unspecified atom stereocenters. The number of aliphatic carboxylic acids is 1. The largest absolute Gasteiger partial charge is 0.481 e. The molecule has 4 rings (SSSR count).